The van der Waals surface area contributed by atoms with Gasteiger partial charge in [-0.15, -0.1) is 20.4 Å². The van der Waals surface area contributed by atoms with Gasteiger partial charge in [-0.2, -0.15) is 0 Å². The number of nitrogens with one attached hydrogen (secondary N) is 2. The molecule has 2 amide bonds. The van der Waals surface area contributed by atoms with Crippen molar-refractivity contribution in [2.45, 2.75) is 43.7 Å². The van der Waals surface area contributed by atoms with Crippen LogP contribution in [0.2, 0.25) is 0 Å². The first-order valence-electron chi connectivity index (χ1n) is 14.8. The zero-order valence-electron chi connectivity index (χ0n) is 26.9. The molecule has 252 valence electrons. The highest BCUT2D eigenvalue weighted by atomic mass is 32.2. The molecule has 0 bridgehead atoms. The summed E-state index contributed by atoms with van der Waals surface area (Å²) in [6.07, 6.45) is 0. The van der Waals surface area contributed by atoms with Gasteiger partial charge < -0.3 is 29.0 Å². The summed E-state index contributed by atoms with van der Waals surface area (Å²) < 4.78 is 30.9. The molecule has 2 aromatic carbocycles. The first-order chi connectivity index (χ1) is 22.8. The molecule has 0 saturated heterocycles. The van der Waals surface area contributed by atoms with E-state index < -0.39 is 5.91 Å². The fourth-order valence-corrected chi connectivity index (χ4v) is 6.66. The molecule has 2 N–H and O–H groups in total. The van der Waals surface area contributed by atoms with Crippen LogP contribution < -0.4 is 34.3 Å². The summed E-state index contributed by atoms with van der Waals surface area (Å²) in [5.74, 6) is 2.90. The molecule has 0 aliphatic heterocycles. The maximum atomic E-state index is 13.5. The number of hydrogen-bond acceptors (Lipinski definition) is 14. The van der Waals surface area contributed by atoms with Gasteiger partial charge in [0.05, 0.1) is 52.0 Å². The lowest BCUT2D eigenvalue weighted by Gasteiger charge is -2.17. The third kappa shape index (κ3) is 9.20. The van der Waals surface area contributed by atoms with Crippen LogP contribution in [0, 0.1) is 0 Å². The number of thioether (sulfide) groups is 2. The van der Waals surface area contributed by atoms with Crippen LogP contribution in [0.25, 0.3) is 5.69 Å². The van der Waals surface area contributed by atoms with E-state index in [0.717, 1.165) is 21.9 Å². The molecule has 0 fully saturated rings. The Bertz CT molecular complexity index is 1640. The van der Waals surface area contributed by atoms with Crippen molar-refractivity contribution in [2.75, 3.05) is 50.9 Å². The van der Waals surface area contributed by atoms with E-state index in [-0.39, 0.29) is 18.2 Å². The molecule has 14 nitrogen and oxygen atoms in total. The molecule has 4 rings (SSSR count). The van der Waals surface area contributed by atoms with E-state index in [1.165, 1.54) is 11.3 Å². The van der Waals surface area contributed by atoms with Crippen LogP contribution in [0.4, 0.5) is 5.13 Å². The summed E-state index contributed by atoms with van der Waals surface area (Å²) >= 11 is 4.03. The first-order valence-corrected chi connectivity index (χ1v) is 17.5. The topological polar surface area (TPSA) is 161 Å². The highest BCUT2D eigenvalue weighted by Crippen LogP contribution is 2.39. The Morgan fingerprint density at radius 3 is 2.21 bits per heavy atom. The van der Waals surface area contributed by atoms with E-state index in [1.54, 1.807) is 60.9 Å². The molecule has 2 heterocycles. The monoisotopic (exact) mass is 703 g/mol. The molecule has 0 atom stereocenters. The van der Waals surface area contributed by atoms with Gasteiger partial charge in [0.25, 0.3) is 5.91 Å². The molecule has 2 aromatic heterocycles. The lowest BCUT2D eigenvalue weighted by atomic mass is 10.1. The Labute approximate surface area is 285 Å². The minimum atomic E-state index is -0.395. The third-order valence-electron chi connectivity index (χ3n) is 6.16. The van der Waals surface area contributed by atoms with E-state index in [2.05, 4.69) is 31.0 Å². The van der Waals surface area contributed by atoms with Crippen LogP contribution in [0.15, 0.2) is 39.8 Å². The fraction of sp³-hybridized carbons (Fsp3) is 0.400. The first kappa shape index (κ1) is 35.6. The lowest BCUT2D eigenvalue weighted by molar-refractivity contribution is -0.113. The number of benzene rings is 2. The van der Waals surface area contributed by atoms with Gasteiger partial charge in [-0.05, 0) is 50.8 Å². The molecule has 17 heteroatoms. The van der Waals surface area contributed by atoms with E-state index >= 15 is 0 Å². The highest BCUT2D eigenvalue weighted by Gasteiger charge is 2.22. The van der Waals surface area contributed by atoms with Crippen molar-refractivity contribution in [1.29, 1.82) is 0 Å². The maximum Gasteiger partial charge on any atom is 0.251 e. The minimum absolute atomic E-state index is 0.0112. The van der Waals surface area contributed by atoms with Gasteiger partial charge >= 0.3 is 0 Å². The number of ether oxygens (including phenoxy) is 5. The third-order valence-corrected chi connectivity index (χ3v) is 8.94. The van der Waals surface area contributed by atoms with Gasteiger partial charge in [0.1, 0.15) is 11.5 Å². The number of amides is 2. The van der Waals surface area contributed by atoms with Crippen molar-refractivity contribution in [1.82, 2.24) is 30.3 Å². The predicted octanol–water partition coefficient (Wildman–Crippen LogP) is 5.10. The summed E-state index contributed by atoms with van der Waals surface area (Å²) in [4.78, 5) is 26.3. The standard InChI is InChI=1S/C30H37N7O7S3/c1-7-42-22-13-18(14-23(43-8-2)26(22)44-9-3)27(39)31-16-24-33-35-29(37(24)20-15-19(40-5)11-12-21(20)41-6)46-17-25(38)32-28-34-36-30(47-28)45-10-4/h11-15H,7-10,16-17H2,1-6H3,(H,31,39)(H,32,34,38). The minimum Gasteiger partial charge on any atom is -0.497 e. The van der Waals surface area contributed by atoms with Crippen molar-refractivity contribution in [3.63, 3.8) is 0 Å². The molecule has 0 unspecified atom stereocenters. The summed E-state index contributed by atoms with van der Waals surface area (Å²) in [6.45, 7) is 8.72. The van der Waals surface area contributed by atoms with E-state index in [0.29, 0.717) is 75.9 Å². The van der Waals surface area contributed by atoms with Gasteiger partial charge in [0, 0.05) is 11.6 Å². The zero-order valence-corrected chi connectivity index (χ0v) is 29.4. The smallest absolute Gasteiger partial charge is 0.251 e. The van der Waals surface area contributed by atoms with Crippen LogP contribution in [0.3, 0.4) is 0 Å². The largest absolute Gasteiger partial charge is 0.497 e. The average molecular weight is 704 g/mol. The van der Waals surface area contributed by atoms with Crippen molar-refractivity contribution in [3.8, 4) is 34.4 Å². The van der Waals surface area contributed by atoms with E-state index in [9.17, 15) is 9.59 Å². The number of hydrogen-bond donors (Lipinski definition) is 2. The molecular weight excluding hydrogens is 667 g/mol. The van der Waals surface area contributed by atoms with Crippen LogP contribution in [0.1, 0.15) is 43.9 Å². The molecule has 0 aliphatic rings. The fourth-order valence-electron chi connectivity index (χ4n) is 4.23. The van der Waals surface area contributed by atoms with Gasteiger partial charge in [0.15, 0.2) is 26.8 Å². The summed E-state index contributed by atoms with van der Waals surface area (Å²) in [5.41, 5.74) is 0.876. The number of anilines is 1. The van der Waals surface area contributed by atoms with E-state index in [4.69, 9.17) is 23.7 Å². The Balaban J connectivity index is 1.60. The van der Waals surface area contributed by atoms with E-state index in [1.807, 2.05) is 27.7 Å². The molecule has 0 radical (unpaired) electrons. The predicted molar refractivity (Wildman–Crippen MR) is 181 cm³/mol. The Hall–Kier alpha value is -4.22. The van der Waals surface area contributed by atoms with Crippen LogP contribution in [-0.4, -0.2) is 82.3 Å². The molecule has 0 saturated carbocycles. The Morgan fingerprint density at radius 2 is 1.57 bits per heavy atom. The van der Waals surface area contributed by atoms with Crippen molar-refractivity contribution >= 4 is 51.8 Å². The van der Waals surface area contributed by atoms with Gasteiger partial charge in [-0.3, -0.25) is 19.5 Å². The van der Waals surface area contributed by atoms with Crippen LogP contribution >= 0.6 is 34.9 Å². The number of rotatable bonds is 18. The van der Waals surface area contributed by atoms with Gasteiger partial charge in [-0.1, -0.05) is 41.8 Å². The van der Waals surface area contributed by atoms with Crippen molar-refractivity contribution in [2.24, 2.45) is 0 Å². The second kappa shape index (κ2) is 17.6. The van der Waals surface area contributed by atoms with Gasteiger partial charge in [-0.25, -0.2) is 0 Å². The molecule has 0 spiro atoms. The zero-order chi connectivity index (χ0) is 33.8. The molecule has 47 heavy (non-hydrogen) atoms. The second-order valence-corrected chi connectivity index (χ2v) is 12.6. The van der Waals surface area contributed by atoms with Crippen molar-refractivity contribution in [3.05, 3.63) is 41.7 Å². The highest BCUT2D eigenvalue weighted by molar-refractivity contribution is 8.01. The number of carbonyl (C=O) groups is 2. The number of nitrogens with zero attached hydrogens (tertiary/aromatic N) is 5. The Kier molecular flexibility index (Phi) is 13.4. The number of methoxy groups -OCH3 is 2. The second-order valence-electron chi connectivity index (χ2n) is 9.20. The quantitative estimate of drug-likeness (QED) is 0.104. The summed E-state index contributed by atoms with van der Waals surface area (Å²) in [6, 6.07) is 8.51. The number of aromatic nitrogens is 5. The van der Waals surface area contributed by atoms with Gasteiger partial charge in [0.2, 0.25) is 16.8 Å². The van der Waals surface area contributed by atoms with Crippen LogP contribution in [-0.2, 0) is 11.3 Å². The van der Waals surface area contributed by atoms with Crippen molar-refractivity contribution < 1.29 is 33.3 Å². The normalized spacial score (nSPS) is 10.8. The summed E-state index contributed by atoms with van der Waals surface area (Å²) in [5, 5.41) is 23.3. The average Bonchev–Trinajstić information content (AvgIpc) is 3.70. The maximum absolute atomic E-state index is 13.5. The molecule has 4 aromatic rings. The lowest BCUT2D eigenvalue weighted by Crippen LogP contribution is -2.25. The molecular formula is C30H37N7O7S3. The SMILES string of the molecule is CCOc1cc(C(=O)NCc2nnc(SCC(=O)Nc3nnc(SCC)s3)n2-c2cc(OC)ccc2OC)cc(OCC)c1OCC. The Morgan fingerprint density at radius 1 is 0.851 bits per heavy atom. The number of carbonyl (C=O) groups excluding carboxylic acids is 2. The summed E-state index contributed by atoms with van der Waals surface area (Å²) in [7, 11) is 3.10. The molecule has 0 aliphatic carbocycles. The van der Waals surface area contributed by atoms with Crippen LogP contribution in [0.5, 0.6) is 28.7 Å².